The number of nitrogens with one attached hydrogen (secondary N) is 1. The second-order valence-electron chi connectivity index (χ2n) is 6.51. The van der Waals surface area contributed by atoms with E-state index in [-0.39, 0.29) is 18.5 Å². The minimum absolute atomic E-state index is 0.0120. The highest BCUT2D eigenvalue weighted by molar-refractivity contribution is 5.76. The topological polar surface area (TPSA) is 72.9 Å². The van der Waals surface area contributed by atoms with E-state index in [9.17, 15) is 9.59 Å². The molecule has 2 aliphatic heterocycles. The summed E-state index contributed by atoms with van der Waals surface area (Å²) in [4.78, 5) is 27.7. The van der Waals surface area contributed by atoms with Crippen molar-refractivity contribution in [2.45, 2.75) is 39.2 Å². The predicted molar refractivity (Wildman–Crippen MR) is 80.1 cm³/mol. The fourth-order valence-corrected chi connectivity index (χ4v) is 3.26. The highest BCUT2D eigenvalue weighted by Gasteiger charge is 2.31. The van der Waals surface area contributed by atoms with Gasteiger partial charge in [-0.25, -0.2) is 4.79 Å². The van der Waals surface area contributed by atoms with Gasteiger partial charge in [-0.3, -0.25) is 9.69 Å². The standard InChI is InChI=1S/C15H27N3O3/c1-11(2)13(14(19)20)9-16-15(21)18-8-7-17-6-4-3-5-12(17)10-18/h11-13H,3-10H2,1-2H3,(H,16,21)(H,19,20). The second-order valence-corrected chi connectivity index (χ2v) is 6.51. The molecule has 21 heavy (non-hydrogen) atoms. The number of piperazine rings is 1. The van der Waals surface area contributed by atoms with Crippen LogP contribution in [0.4, 0.5) is 4.79 Å². The van der Waals surface area contributed by atoms with Crippen molar-refractivity contribution in [3.05, 3.63) is 0 Å². The van der Waals surface area contributed by atoms with Crippen molar-refractivity contribution in [1.82, 2.24) is 15.1 Å². The third kappa shape index (κ3) is 4.09. The summed E-state index contributed by atoms with van der Waals surface area (Å²) in [5, 5.41) is 11.9. The molecule has 0 aliphatic carbocycles. The number of hydrogen-bond donors (Lipinski definition) is 2. The van der Waals surface area contributed by atoms with Crippen molar-refractivity contribution >= 4 is 12.0 Å². The van der Waals surface area contributed by atoms with E-state index in [2.05, 4.69) is 10.2 Å². The van der Waals surface area contributed by atoms with Gasteiger partial charge < -0.3 is 15.3 Å². The Hall–Kier alpha value is -1.30. The molecule has 2 atom stereocenters. The SMILES string of the molecule is CC(C)C(CNC(=O)N1CCN2CCCCC2C1)C(=O)O. The number of nitrogens with zero attached hydrogens (tertiary/aromatic N) is 2. The highest BCUT2D eigenvalue weighted by atomic mass is 16.4. The van der Waals surface area contributed by atoms with Gasteiger partial charge in [0, 0.05) is 32.2 Å². The zero-order chi connectivity index (χ0) is 15.4. The lowest BCUT2D eigenvalue weighted by Gasteiger charge is -2.44. The molecule has 2 heterocycles. The fourth-order valence-electron chi connectivity index (χ4n) is 3.26. The summed E-state index contributed by atoms with van der Waals surface area (Å²) in [5.74, 6) is -1.36. The Balaban J connectivity index is 1.82. The Morgan fingerprint density at radius 1 is 1.24 bits per heavy atom. The van der Waals surface area contributed by atoms with Gasteiger partial charge in [0.25, 0.3) is 0 Å². The number of carbonyl (C=O) groups is 2. The molecular weight excluding hydrogens is 270 g/mol. The molecule has 2 N–H and O–H groups in total. The fraction of sp³-hybridized carbons (Fsp3) is 0.867. The van der Waals surface area contributed by atoms with Gasteiger partial charge in [-0.15, -0.1) is 0 Å². The van der Waals surface area contributed by atoms with Gasteiger partial charge in [-0.2, -0.15) is 0 Å². The zero-order valence-electron chi connectivity index (χ0n) is 13.0. The van der Waals surface area contributed by atoms with Crippen molar-refractivity contribution in [3.63, 3.8) is 0 Å². The van der Waals surface area contributed by atoms with Crippen LogP contribution in [0.2, 0.25) is 0 Å². The molecule has 2 fully saturated rings. The first-order valence-electron chi connectivity index (χ1n) is 7.98. The number of carboxylic acids is 1. The normalized spacial score (nSPS) is 24.5. The monoisotopic (exact) mass is 297 g/mol. The summed E-state index contributed by atoms with van der Waals surface area (Å²) in [7, 11) is 0. The molecular formula is C15H27N3O3. The maximum atomic E-state index is 12.2. The van der Waals surface area contributed by atoms with E-state index in [1.807, 2.05) is 18.7 Å². The van der Waals surface area contributed by atoms with Crippen LogP contribution < -0.4 is 5.32 Å². The molecule has 0 radical (unpaired) electrons. The van der Waals surface area contributed by atoms with Crippen LogP contribution in [-0.4, -0.2) is 65.7 Å². The number of rotatable bonds is 4. The molecule has 120 valence electrons. The van der Waals surface area contributed by atoms with Crippen LogP contribution in [0.5, 0.6) is 0 Å². The zero-order valence-corrected chi connectivity index (χ0v) is 13.0. The number of carbonyl (C=O) groups excluding carboxylic acids is 1. The van der Waals surface area contributed by atoms with E-state index in [0.717, 1.165) is 32.6 Å². The molecule has 6 heteroatoms. The third-order valence-electron chi connectivity index (χ3n) is 4.72. The number of hydrogen-bond acceptors (Lipinski definition) is 3. The average molecular weight is 297 g/mol. The lowest BCUT2D eigenvalue weighted by atomic mass is 9.96. The lowest BCUT2D eigenvalue weighted by Crippen LogP contribution is -2.58. The van der Waals surface area contributed by atoms with Crippen LogP contribution in [0.15, 0.2) is 0 Å². The number of piperidine rings is 1. The number of aliphatic carboxylic acids is 1. The molecule has 2 unspecified atom stereocenters. The number of urea groups is 1. The number of carboxylic acid groups (broad SMARTS) is 1. The third-order valence-corrected chi connectivity index (χ3v) is 4.72. The lowest BCUT2D eigenvalue weighted by molar-refractivity contribution is -0.142. The van der Waals surface area contributed by atoms with E-state index in [1.165, 1.54) is 12.8 Å². The van der Waals surface area contributed by atoms with Crippen LogP contribution in [0, 0.1) is 11.8 Å². The van der Waals surface area contributed by atoms with E-state index in [0.29, 0.717) is 6.04 Å². The van der Waals surface area contributed by atoms with Crippen molar-refractivity contribution < 1.29 is 14.7 Å². The first-order chi connectivity index (χ1) is 9.99. The summed E-state index contributed by atoms with van der Waals surface area (Å²) in [6.45, 7) is 7.53. The van der Waals surface area contributed by atoms with E-state index in [1.54, 1.807) is 0 Å². The summed E-state index contributed by atoms with van der Waals surface area (Å²) in [6, 6.07) is 0.366. The van der Waals surface area contributed by atoms with Gasteiger partial charge in [-0.05, 0) is 25.3 Å². The van der Waals surface area contributed by atoms with Gasteiger partial charge in [0.15, 0.2) is 0 Å². The Labute approximate surface area is 126 Å². The number of fused-ring (bicyclic) bond motifs is 1. The molecule has 0 aromatic carbocycles. The molecule has 2 amide bonds. The summed E-state index contributed by atoms with van der Waals surface area (Å²) in [6.07, 6.45) is 3.66. The molecule has 0 saturated carbocycles. The molecule has 2 saturated heterocycles. The molecule has 6 nitrogen and oxygen atoms in total. The minimum Gasteiger partial charge on any atom is -0.481 e. The Morgan fingerprint density at radius 2 is 2.00 bits per heavy atom. The van der Waals surface area contributed by atoms with E-state index >= 15 is 0 Å². The Bertz CT molecular complexity index is 386. The van der Waals surface area contributed by atoms with Crippen molar-refractivity contribution in [1.29, 1.82) is 0 Å². The molecule has 0 bridgehead atoms. The van der Waals surface area contributed by atoms with Crippen molar-refractivity contribution in [3.8, 4) is 0 Å². The second kappa shape index (κ2) is 7.11. The highest BCUT2D eigenvalue weighted by Crippen LogP contribution is 2.21. The molecule has 2 rings (SSSR count). The maximum Gasteiger partial charge on any atom is 0.317 e. The average Bonchev–Trinajstić information content (AvgIpc) is 2.46. The first kappa shape index (κ1) is 16.1. The van der Waals surface area contributed by atoms with Crippen LogP contribution in [0.3, 0.4) is 0 Å². The summed E-state index contributed by atoms with van der Waals surface area (Å²) in [5.41, 5.74) is 0. The molecule has 0 aromatic rings. The van der Waals surface area contributed by atoms with Crippen LogP contribution in [0.25, 0.3) is 0 Å². The van der Waals surface area contributed by atoms with Crippen molar-refractivity contribution in [2.75, 3.05) is 32.7 Å². The van der Waals surface area contributed by atoms with E-state index < -0.39 is 11.9 Å². The minimum atomic E-state index is -0.845. The van der Waals surface area contributed by atoms with Crippen LogP contribution in [0.1, 0.15) is 33.1 Å². The Morgan fingerprint density at radius 3 is 2.67 bits per heavy atom. The first-order valence-corrected chi connectivity index (χ1v) is 7.98. The van der Waals surface area contributed by atoms with Gasteiger partial charge in [0.05, 0.1) is 5.92 Å². The van der Waals surface area contributed by atoms with Crippen molar-refractivity contribution in [2.24, 2.45) is 11.8 Å². The predicted octanol–water partition coefficient (Wildman–Crippen LogP) is 1.22. The van der Waals surface area contributed by atoms with E-state index in [4.69, 9.17) is 5.11 Å². The smallest absolute Gasteiger partial charge is 0.317 e. The molecule has 2 aliphatic rings. The van der Waals surface area contributed by atoms with Gasteiger partial charge in [0.1, 0.15) is 0 Å². The van der Waals surface area contributed by atoms with Crippen LogP contribution >= 0.6 is 0 Å². The molecule has 0 spiro atoms. The van der Waals surface area contributed by atoms with Gasteiger partial charge >= 0.3 is 12.0 Å². The van der Waals surface area contributed by atoms with Gasteiger partial charge in [-0.1, -0.05) is 20.3 Å². The molecule has 0 aromatic heterocycles. The summed E-state index contributed by atoms with van der Waals surface area (Å²) >= 11 is 0. The van der Waals surface area contributed by atoms with Crippen LogP contribution in [-0.2, 0) is 4.79 Å². The number of amides is 2. The quantitative estimate of drug-likeness (QED) is 0.818. The summed E-state index contributed by atoms with van der Waals surface area (Å²) < 4.78 is 0. The largest absolute Gasteiger partial charge is 0.481 e. The Kier molecular flexibility index (Phi) is 5.45. The maximum absolute atomic E-state index is 12.2. The van der Waals surface area contributed by atoms with Gasteiger partial charge in [0.2, 0.25) is 0 Å².